The zero-order chi connectivity index (χ0) is 13.8. The molecule has 0 aliphatic rings. The van der Waals surface area contributed by atoms with Gasteiger partial charge in [-0.1, -0.05) is 29.8 Å². The average Bonchev–Trinajstić information content (AvgIpc) is 2.41. The van der Waals surface area contributed by atoms with Crippen molar-refractivity contribution in [3.05, 3.63) is 58.8 Å². The van der Waals surface area contributed by atoms with Crippen LogP contribution in [-0.2, 0) is 13.1 Å². The summed E-state index contributed by atoms with van der Waals surface area (Å²) in [6.07, 6.45) is 1.84. The molecule has 2 N–H and O–H groups in total. The number of benzene rings is 1. The quantitative estimate of drug-likeness (QED) is 0.913. The van der Waals surface area contributed by atoms with E-state index in [0.29, 0.717) is 6.54 Å². The van der Waals surface area contributed by atoms with Crippen molar-refractivity contribution < 1.29 is 0 Å². The zero-order valence-corrected chi connectivity index (χ0v) is 11.9. The molecule has 0 amide bonds. The second kappa shape index (κ2) is 5.85. The van der Waals surface area contributed by atoms with Gasteiger partial charge < -0.3 is 10.6 Å². The van der Waals surface area contributed by atoms with Gasteiger partial charge >= 0.3 is 0 Å². The predicted octanol–water partition coefficient (Wildman–Crippen LogP) is 2.79. The Morgan fingerprint density at radius 3 is 2.42 bits per heavy atom. The largest absolute Gasteiger partial charge is 0.355 e. The van der Waals surface area contributed by atoms with Crippen molar-refractivity contribution in [1.82, 2.24) is 4.98 Å². The first kappa shape index (κ1) is 13.6. The fraction of sp³-hybridized carbons (Fsp3) is 0.312. The van der Waals surface area contributed by atoms with Crippen LogP contribution in [0.1, 0.15) is 22.3 Å². The Hall–Kier alpha value is -1.87. The molecule has 0 spiro atoms. The molecule has 1 aromatic heterocycles. The lowest BCUT2D eigenvalue weighted by Crippen LogP contribution is -2.20. The molecule has 2 rings (SSSR count). The zero-order valence-electron chi connectivity index (χ0n) is 11.9. The molecular formula is C16H21N3. The molecule has 0 fully saturated rings. The van der Waals surface area contributed by atoms with Crippen molar-refractivity contribution in [2.75, 3.05) is 11.9 Å². The first-order valence-electron chi connectivity index (χ1n) is 6.53. The summed E-state index contributed by atoms with van der Waals surface area (Å²) >= 11 is 0. The van der Waals surface area contributed by atoms with Crippen molar-refractivity contribution >= 4 is 5.82 Å². The van der Waals surface area contributed by atoms with Gasteiger partial charge in [0.2, 0.25) is 0 Å². The lowest BCUT2D eigenvalue weighted by Gasteiger charge is -2.22. The average molecular weight is 255 g/mol. The Labute approximate surface area is 115 Å². The second-order valence-corrected chi connectivity index (χ2v) is 4.98. The fourth-order valence-electron chi connectivity index (χ4n) is 2.20. The van der Waals surface area contributed by atoms with Crippen LogP contribution in [0.4, 0.5) is 5.82 Å². The SMILES string of the molecule is Cc1ccc(CN(C)c2nccc(C)c2CN)cc1. The molecule has 1 heterocycles. The maximum Gasteiger partial charge on any atom is 0.133 e. The van der Waals surface area contributed by atoms with E-state index in [4.69, 9.17) is 5.73 Å². The van der Waals surface area contributed by atoms with Crippen LogP contribution in [0.2, 0.25) is 0 Å². The van der Waals surface area contributed by atoms with Crippen LogP contribution in [-0.4, -0.2) is 12.0 Å². The lowest BCUT2D eigenvalue weighted by molar-refractivity contribution is 0.871. The van der Waals surface area contributed by atoms with E-state index in [2.05, 4.69) is 55.0 Å². The molecule has 0 saturated carbocycles. The van der Waals surface area contributed by atoms with E-state index in [9.17, 15) is 0 Å². The van der Waals surface area contributed by atoms with Gasteiger partial charge in [0.05, 0.1) is 0 Å². The number of aryl methyl sites for hydroxylation is 2. The first-order chi connectivity index (χ1) is 9.11. The smallest absolute Gasteiger partial charge is 0.133 e. The molecule has 3 heteroatoms. The first-order valence-corrected chi connectivity index (χ1v) is 6.53. The van der Waals surface area contributed by atoms with Crippen molar-refractivity contribution in [2.24, 2.45) is 5.73 Å². The number of hydrogen-bond donors (Lipinski definition) is 1. The summed E-state index contributed by atoms with van der Waals surface area (Å²) in [7, 11) is 2.06. The van der Waals surface area contributed by atoms with Crippen LogP contribution in [0.15, 0.2) is 36.5 Å². The minimum Gasteiger partial charge on any atom is -0.355 e. The second-order valence-electron chi connectivity index (χ2n) is 4.98. The third kappa shape index (κ3) is 3.12. The molecule has 0 saturated heterocycles. The third-order valence-electron chi connectivity index (χ3n) is 3.37. The summed E-state index contributed by atoms with van der Waals surface area (Å²) in [5, 5.41) is 0. The van der Waals surface area contributed by atoms with Gasteiger partial charge in [-0.25, -0.2) is 4.98 Å². The molecule has 100 valence electrons. The molecular weight excluding hydrogens is 234 g/mol. The predicted molar refractivity (Wildman–Crippen MR) is 80.2 cm³/mol. The number of nitrogens with zero attached hydrogens (tertiary/aromatic N) is 2. The monoisotopic (exact) mass is 255 g/mol. The molecule has 0 atom stereocenters. The van der Waals surface area contributed by atoms with Gasteiger partial charge in [0.1, 0.15) is 5.82 Å². The normalized spacial score (nSPS) is 10.5. The fourth-order valence-corrected chi connectivity index (χ4v) is 2.20. The van der Waals surface area contributed by atoms with E-state index < -0.39 is 0 Å². The molecule has 0 aliphatic heterocycles. The number of nitrogens with two attached hydrogens (primary N) is 1. The van der Waals surface area contributed by atoms with Gasteiger partial charge in [0.15, 0.2) is 0 Å². The van der Waals surface area contributed by atoms with Crippen LogP contribution in [0.5, 0.6) is 0 Å². The van der Waals surface area contributed by atoms with Gasteiger partial charge in [-0.3, -0.25) is 0 Å². The van der Waals surface area contributed by atoms with Crippen molar-refractivity contribution in [2.45, 2.75) is 26.9 Å². The van der Waals surface area contributed by atoms with E-state index >= 15 is 0 Å². The molecule has 3 nitrogen and oxygen atoms in total. The summed E-state index contributed by atoms with van der Waals surface area (Å²) in [5.74, 6) is 0.975. The molecule has 1 aromatic carbocycles. The van der Waals surface area contributed by atoms with Crippen LogP contribution < -0.4 is 10.6 Å². The molecule has 19 heavy (non-hydrogen) atoms. The number of hydrogen-bond acceptors (Lipinski definition) is 3. The van der Waals surface area contributed by atoms with Crippen molar-refractivity contribution in [3.8, 4) is 0 Å². The molecule has 0 aliphatic carbocycles. The van der Waals surface area contributed by atoms with Gasteiger partial charge in [-0.05, 0) is 31.0 Å². The van der Waals surface area contributed by atoms with Gasteiger partial charge in [0, 0.05) is 31.9 Å². The number of aromatic nitrogens is 1. The highest BCUT2D eigenvalue weighted by atomic mass is 15.2. The number of pyridine rings is 1. The summed E-state index contributed by atoms with van der Waals surface area (Å²) in [5.41, 5.74) is 10.7. The Balaban J connectivity index is 2.22. The highest BCUT2D eigenvalue weighted by Gasteiger charge is 2.10. The van der Waals surface area contributed by atoms with E-state index in [1.54, 1.807) is 0 Å². The van der Waals surface area contributed by atoms with Crippen LogP contribution >= 0.6 is 0 Å². The van der Waals surface area contributed by atoms with E-state index in [1.807, 2.05) is 12.3 Å². The topological polar surface area (TPSA) is 42.2 Å². The minimum absolute atomic E-state index is 0.521. The molecule has 0 radical (unpaired) electrons. The number of rotatable bonds is 4. The summed E-state index contributed by atoms with van der Waals surface area (Å²) in [6.45, 7) is 5.53. The number of anilines is 1. The minimum atomic E-state index is 0.521. The Kier molecular flexibility index (Phi) is 4.17. The highest BCUT2D eigenvalue weighted by molar-refractivity contribution is 5.50. The summed E-state index contributed by atoms with van der Waals surface area (Å²) in [4.78, 5) is 6.62. The molecule has 0 bridgehead atoms. The summed E-state index contributed by atoms with van der Waals surface area (Å²) < 4.78 is 0. The lowest BCUT2D eigenvalue weighted by atomic mass is 10.1. The van der Waals surface area contributed by atoms with E-state index in [1.165, 1.54) is 16.7 Å². The van der Waals surface area contributed by atoms with Crippen LogP contribution in [0.25, 0.3) is 0 Å². The molecule has 2 aromatic rings. The maximum atomic E-state index is 5.84. The third-order valence-corrected chi connectivity index (χ3v) is 3.37. The summed E-state index contributed by atoms with van der Waals surface area (Å²) in [6, 6.07) is 10.6. The van der Waals surface area contributed by atoms with Crippen molar-refractivity contribution in [1.29, 1.82) is 0 Å². The van der Waals surface area contributed by atoms with Crippen LogP contribution in [0.3, 0.4) is 0 Å². The maximum absolute atomic E-state index is 5.84. The van der Waals surface area contributed by atoms with E-state index in [0.717, 1.165) is 17.9 Å². The Morgan fingerprint density at radius 2 is 1.79 bits per heavy atom. The van der Waals surface area contributed by atoms with E-state index in [-0.39, 0.29) is 0 Å². The van der Waals surface area contributed by atoms with Gasteiger partial charge in [0.25, 0.3) is 0 Å². The van der Waals surface area contributed by atoms with Crippen molar-refractivity contribution in [3.63, 3.8) is 0 Å². The Bertz CT molecular complexity index is 546. The van der Waals surface area contributed by atoms with Gasteiger partial charge in [-0.2, -0.15) is 0 Å². The van der Waals surface area contributed by atoms with Crippen LogP contribution in [0, 0.1) is 13.8 Å². The standard InChI is InChI=1S/C16H21N3/c1-12-4-6-14(7-5-12)11-19(3)16-15(10-17)13(2)8-9-18-16/h4-9H,10-11,17H2,1-3H3. The highest BCUT2D eigenvalue weighted by Crippen LogP contribution is 2.21. The van der Waals surface area contributed by atoms with Gasteiger partial charge in [-0.15, -0.1) is 0 Å². The molecule has 0 unspecified atom stereocenters. The Morgan fingerprint density at radius 1 is 1.11 bits per heavy atom.